The number of ether oxygens (including phenoxy) is 1. The molecule has 2 amide bonds. The van der Waals surface area contributed by atoms with Crippen LogP contribution in [0.25, 0.3) is 11.1 Å². The molecule has 8 nitrogen and oxygen atoms in total. The third-order valence-electron chi connectivity index (χ3n) is 6.72. The highest BCUT2D eigenvalue weighted by Crippen LogP contribution is 2.44. The second-order valence-corrected chi connectivity index (χ2v) is 8.87. The molecule has 3 aromatic rings. The third kappa shape index (κ3) is 4.59. The molecule has 1 aromatic heterocycles. The van der Waals surface area contributed by atoms with Gasteiger partial charge in [0.1, 0.15) is 6.61 Å². The molecule has 8 heteroatoms. The van der Waals surface area contributed by atoms with Crippen LogP contribution in [-0.2, 0) is 9.53 Å². The lowest BCUT2D eigenvalue weighted by molar-refractivity contribution is -0.141. The quantitative estimate of drug-likeness (QED) is 0.490. The van der Waals surface area contributed by atoms with Crippen molar-refractivity contribution in [3.63, 3.8) is 0 Å². The molecule has 1 fully saturated rings. The van der Waals surface area contributed by atoms with E-state index in [-0.39, 0.29) is 29.9 Å². The molecular formula is C27H25N3O5. The molecular weight excluding hydrogens is 446 g/mol. The summed E-state index contributed by atoms with van der Waals surface area (Å²) in [7, 11) is 0. The number of aromatic nitrogens is 1. The highest BCUT2D eigenvalue weighted by atomic mass is 16.5. The SMILES string of the molecule is O=C(Nc1cccnc1C(=O)N[C@H]1CC[C@@H](C(=O)O)C1)OCC1c2ccccc2-c2ccccc21. The fraction of sp³-hybridized carbons (Fsp3) is 0.259. The Kier molecular flexibility index (Phi) is 6.18. The van der Waals surface area contributed by atoms with E-state index in [0.29, 0.717) is 19.3 Å². The maximum atomic E-state index is 12.8. The zero-order valence-corrected chi connectivity index (χ0v) is 18.9. The number of nitrogens with zero attached hydrogens (tertiary/aromatic N) is 1. The van der Waals surface area contributed by atoms with E-state index in [1.54, 1.807) is 12.1 Å². The van der Waals surface area contributed by atoms with Gasteiger partial charge in [0.15, 0.2) is 5.69 Å². The summed E-state index contributed by atoms with van der Waals surface area (Å²) in [5, 5.41) is 14.6. The smallest absolute Gasteiger partial charge is 0.411 e. The van der Waals surface area contributed by atoms with E-state index in [1.807, 2.05) is 36.4 Å². The van der Waals surface area contributed by atoms with Crippen LogP contribution in [0.4, 0.5) is 10.5 Å². The Hall–Kier alpha value is -4.20. The van der Waals surface area contributed by atoms with E-state index in [9.17, 15) is 19.5 Å². The van der Waals surface area contributed by atoms with Gasteiger partial charge in [-0.1, -0.05) is 48.5 Å². The van der Waals surface area contributed by atoms with Gasteiger partial charge in [0.2, 0.25) is 0 Å². The number of rotatable bonds is 6. The minimum absolute atomic E-state index is 0.0554. The lowest BCUT2D eigenvalue weighted by atomic mass is 9.98. The first-order chi connectivity index (χ1) is 17.0. The number of hydrogen-bond donors (Lipinski definition) is 3. The van der Waals surface area contributed by atoms with Crippen molar-refractivity contribution in [2.45, 2.75) is 31.2 Å². The molecule has 35 heavy (non-hydrogen) atoms. The Morgan fingerprint density at radius 1 is 0.943 bits per heavy atom. The molecule has 5 rings (SSSR count). The molecule has 2 aliphatic rings. The van der Waals surface area contributed by atoms with Crippen LogP contribution in [-0.4, -0.2) is 40.7 Å². The summed E-state index contributed by atoms with van der Waals surface area (Å²) in [6.45, 7) is 0.153. The molecule has 1 saturated carbocycles. The second kappa shape index (κ2) is 9.58. The summed E-state index contributed by atoms with van der Waals surface area (Å²) in [6.07, 6.45) is 2.27. The van der Waals surface area contributed by atoms with Crippen LogP contribution < -0.4 is 10.6 Å². The monoisotopic (exact) mass is 471 g/mol. The van der Waals surface area contributed by atoms with E-state index in [4.69, 9.17) is 4.74 Å². The molecule has 2 aromatic carbocycles. The van der Waals surface area contributed by atoms with Crippen LogP contribution in [0.5, 0.6) is 0 Å². The van der Waals surface area contributed by atoms with E-state index >= 15 is 0 Å². The lowest BCUT2D eigenvalue weighted by Gasteiger charge is -2.16. The van der Waals surface area contributed by atoms with Crippen molar-refractivity contribution < 1.29 is 24.2 Å². The number of carboxylic acids is 1. The van der Waals surface area contributed by atoms with Crippen LogP contribution in [0, 0.1) is 5.92 Å². The Labute approximate surface area is 202 Å². The minimum Gasteiger partial charge on any atom is -0.481 e. The summed E-state index contributed by atoms with van der Waals surface area (Å²) in [5.41, 5.74) is 4.79. The molecule has 0 unspecified atom stereocenters. The zero-order chi connectivity index (χ0) is 24.4. The van der Waals surface area contributed by atoms with Crippen molar-refractivity contribution in [1.82, 2.24) is 10.3 Å². The number of carbonyl (C=O) groups excluding carboxylic acids is 2. The molecule has 3 N–H and O–H groups in total. The number of benzene rings is 2. The number of fused-ring (bicyclic) bond motifs is 3. The summed E-state index contributed by atoms with van der Waals surface area (Å²) >= 11 is 0. The fourth-order valence-corrected chi connectivity index (χ4v) is 5.02. The standard InChI is InChI=1S/C27H25N3O5/c31-25(29-17-12-11-16(14-17)26(32)33)24-23(10-5-13-28-24)30-27(34)35-15-22-20-8-3-1-6-18(20)19-7-2-4-9-21(19)22/h1-10,13,16-17,22H,11-12,14-15H2,(H,29,31)(H,30,34)(H,32,33)/t16-,17+/m1/s1. The van der Waals surface area contributed by atoms with Crippen molar-refractivity contribution in [2.24, 2.45) is 5.92 Å². The van der Waals surface area contributed by atoms with E-state index in [1.165, 1.54) is 6.20 Å². The number of carboxylic acid groups (broad SMARTS) is 1. The molecule has 0 spiro atoms. The summed E-state index contributed by atoms with van der Waals surface area (Å²) in [6, 6.07) is 19.1. The van der Waals surface area contributed by atoms with Gasteiger partial charge in [0, 0.05) is 18.2 Å². The predicted octanol–water partition coefficient (Wildman–Crippen LogP) is 4.43. The number of pyridine rings is 1. The summed E-state index contributed by atoms with van der Waals surface area (Å²) in [5.74, 6) is -1.84. The Balaban J connectivity index is 1.24. The Morgan fingerprint density at radius 3 is 2.29 bits per heavy atom. The largest absolute Gasteiger partial charge is 0.481 e. The molecule has 0 aliphatic heterocycles. The minimum atomic E-state index is -0.850. The van der Waals surface area contributed by atoms with Crippen molar-refractivity contribution in [3.05, 3.63) is 83.7 Å². The maximum absolute atomic E-state index is 12.8. The van der Waals surface area contributed by atoms with Crippen LogP contribution in [0.2, 0.25) is 0 Å². The van der Waals surface area contributed by atoms with Crippen molar-refractivity contribution in [2.75, 3.05) is 11.9 Å². The number of aliphatic carboxylic acids is 1. The zero-order valence-electron chi connectivity index (χ0n) is 18.9. The molecule has 1 heterocycles. The average molecular weight is 472 g/mol. The Bertz CT molecular complexity index is 1250. The molecule has 2 atom stereocenters. The van der Waals surface area contributed by atoms with Gasteiger partial charge in [-0.2, -0.15) is 0 Å². The second-order valence-electron chi connectivity index (χ2n) is 8.87. The van der Waals surface area contributed by atoms with Gasteiger partial charge in [-0.05, 0) is 53.6 Å². The molecule has 178 valence electrons. The van der Waals surface area contributed by atoms with Gasteiger partial charge in [0.05, 0.1) is 11.6 Å². The highest BCUT2D eigenvalue weighted by molar-refractivity contribution is 6.01. The van der Waals surface area contributed by atoms with E-state index < -0.39 is 23.9 Å². The number of anilines is 1. The summed E-state index contributed by atoms with van der Waals surface area (Å²) in [4.78, 5) is 40.8. The average Bonchev–Trinajstić information content (AvgIpc) is 3.46. The molecule has 0 radical (unpaired) electrons. The van der Waals surface area contributed by atoms with Crippen molar-refractivity contribution >= 4 is 23.7 Å². The maximum Gasteiger partial charge on any atom is 0.411 e. The van der Waals surface area contributed by atoms with Gasteiger partial charge < -0.3 is 15.2 Å². The normalized spacial score (nSPS) is 18.4. The van der Waals surface area contributed by atoms with Crippen LogP contribution in [0.3, 0.4) is 0 Å². The fourth-order valence-electron chi connectivity index (χ4n) is 5.02. The van der Waals surface area contributed by atoms with Gasteiger partial charge >= 0.3 is 12.1 Å². The lowest BCUT2D eigenvalue weighted by Crippen LogP contribution is -2.34. The predicted molar refractivity (Wildman–Crippen MR) is 129 cm³/mol. The molecule has 0 bridgehead atoms. The van der Waals surface area contributed by atoms with Crippen LogP contribution in [0.1, 0.15) is 46.8 Å². The molecule has 0 saturated heterocycles. The van der Waals surface area contributed by atoms with Gasteiger partial charge in [-0.25, -0.2) is 9.78 Å². The third-order valence-corrected chi connectivity index (χ3v) is 6.72. The van der Waals surface area contributed by atoms with Crippen LogP contribution >= 0.6 is 0 Å². The van der Waals surface area contributed by atoms with E-state index in [2.05, 4.69) is 27.8 Å². The summed E-state index contributed by atoms with van der Waals surface area (Å²) < 4.78 is 5.58. The number of nitrogens with one attached hydrogen (secondary N) is 2. The first-order valence-electron chi connectivity index (χ1n) is 11.6. The first-order valence-corrected chi connectivity index (χ1v) is 11.6. The number of carbonyl (C=O) groups is 3. The first kappa shape index (κ1) is 22.6. The molecule has 2 aliphatic carbocycles. The Morgan fingerprint density at radius 2 is 1.63 bits per heavy atom. The van der Waals surface area contributed by atoms with Crippen molar-refractivity contribution in [1.29, 1.82) is 0 Å². The van der Waals surface area contributed by atoms with Crippen molar-refractivity contribution in [3.8, 4) is 11.1 Å². The van der Waals surface area contributed by atoms with Gasteiger partial charge in [0.25, 0.3) is 5.91 Å². The number of amides is 2. The van der Waals surface area contributed by atoms with Gasteiger partial charge in [-0.15, -0.1) is 0 Å². The van der Waals surface area contributed by atoms with E-state index in [0.717, 1.165) is 22.3 Å². The highest BCUT2D eigenvalue weighted by Gasteiger charge is 2.32. The van der Waals surface area contributed by atoms with Gasteiger partial charge in [-0.3, -0.25) is 14.9 Å². The number of hydrogen-bond acceptors (Lipinski definition) is 5. The topological polar surface area (TPSA) is 118 Å². The van der Waals surface area contributed by atoms with Crippen LogP contribution in [0.15, 0.2) is 66.9 Å².